The third-order valence-corrected chi connectivity index (χ3v) is 2.99. The summed E-state index contributed by atoms with van der Waals surface area (Å²) in [6, 6.07) is 15.0. The van der Waals surface area contributed by atoms with Crippen LogP contribution in [0.4, 0.5) is 0 Å². The number of hydrogen-bond donors (Lipinski definition) is 3. The minimum Gasteiger partial charge on any atom is -0.508 e. The van der Waals surface area contributed by atoms with Crippen molar-refractivity contribution in [3.8, 4) is 16.9 Å². The van der Waals surface area contributed by atoms with E-state index in [9.17, 15) is 9.90 Å². The lowest BCUT2D eigenvalue weighted by Crippen LogP contribution is -2.24. The van der Waals surface area contributed by atoms with Gasteiger partial charge in [-0.15, -0.1) is 0 Å². The number of nitrogens with two attached hydrogens (primary N) is 1. The van der Waals surface area contributed by atoms with Gasteiger partial charge < -0.3 is 16.2 Å². The number of rotatable bonds is 5. The zero-order valence-corrected chi connectivity index (χ0v) is 11.2. The van der Waals surface area contributed by atoms with E-state index in [1.54, 1.807) is 12.1 Å². The van der Waals surface area contributed by atoms with Crippen LogP contribution in [0, 0.1) is 0 Å². The van der Waals surface area contributed by atoms with Crippen molar-refractivity contribution in [2.24, 2.45) is 5.73 Å². The average molecular weight is 270 g/mol. The topological polar surface area (TPSA) is 75.4 Å². The van der Waals surface area contributed by atoms with Crippen LogP contribution in [0.2, 0.25) is 0 Å². The van der Waals surface area contributed by atoms with Gasteiger partial charge in [0, 0.05) is 19.5 Å². The summed E-state index contributed by atoms with van der Waals surface area (Å²) in [4.78, 5) is 11.3. The molecule has 20 heavy (non-hydrogen) atoms. The Balaban J connectivity index is 2.01. The molecule has 0 aliphatic heterocycles. The normalized spacial score (nSPS) is 10.2. The van der Waals surface area contributed by atoms with E-state index in [-0.39, 0.29) is 11.7 Å². The van der Waals surface area contributed by atoms with Crippen molar-refractivity contribution < 1.29 is 9.90 Å². The molecule has 104 valence electrons. The maximum absolute atomic E-state index is 11.3. The minimum absolute atomic E-state index is 0.0374. The van der Waals surface area contributed by atoms with Crippen LogP contribution >= 0.6 is 0 Å². The Labute approximate surface area is 118 Å². The molecule has 4 heteroatoms. The SMILES string of the molecule is NCCC(=O)NCc1ccc(-c2cccc(O)c2)cc1. The van der Waals surface area contributed by atoms with Gasteiger partial charge in [0.1, 0.15) is 5.75 Å². The van der Waals surface area contributed by atoms with Gasteiger partial charge in [0.05, 0.1) is 0 Å². The standard InChI is InChI=1S/C16H18N2O2/c17-9-8-16(20)18-11-12-4-6-13(7-5-12)14-2-1-3-15(19)10-14/h1-7,10,19H,8-9,11,17H2,(H,18,20). The van der Waals surface area contributed by atoms with E-state index < -0.39 is 0 Å². The van der Waals surface area contributed by atoms with Gasteiger partial charge >= 0.3 is 0 Å². The maximum Gasteiger partial charge on any atom is 0.221 e. The van der Waals surface area contributed by atoms with E-state index in [0.29, 0.717) is 19.5 Å². The summed E-state index contributed by atoms with van der Waals surface area (Å²) in [6.45, 7) is 0.863. The number of nitrogens with one attached hydrogen (secondary N) is 1. The van der Waals surface area contributed by atoms with E-state index in [1.165, 1.54) is 0 Å². The zero-order valence-electron chi connectivity index (χ0n) is 11.2. The van der Waals surface area contributed by atoms with Gasteiger partial charge in [0.2, 0.25) is 5.91 Å². The average Bonchev–Trinajstić information content (AvgIpc) is 2.46. The van der Waals surface area contributed by atoms with Crippen LogP contribution in [0.25, 0.3) is 11.1 Å². The minimum atomic E-state index is -0.0374. The molecule has 1 amide bonds. The lowest BCUT2D eigenvalue weighted by atomic mass is 10.0. The molecule has 0 spiro atoms. The fraction of sp³-hybridized carbons (Fsp3) is 0.188. The highest BCUT2D eigenvalue weighted by atomic mass is 16.3. The molecule has 0 bridgehead atoms. The second-order valence-corrected chi connectivity index (χ2v) is 4.56. The molecule has 0 radical (unpaired) electrons. The van der Waals surface area contributed by atoms with Gasteiger partial charge in [-0.2, -0.15) is 0 Å². The fourth-order valence-corrected chi connectivity index (χ4v) is 1.92. The first-order valence-electron chi connectivity index (χ1n) is 6.54. The number of hydrogen-bond acceptors (Lipinski definition) is 3. The van der Waals surface area contributed by atoms with Crippen molar-refractivity contribution >= 4 is 5.91 Å². The van der Waals surface area contributed by atoms with Crippen LogP contribution in [0.15, 0.2) is 48.5 Å². The molecule has 0 heterocycles. The first-order valence-corrected chi connectivity index (χ1v) is 6.54. The summed E-state index contributed by atoms with van der Waals surface area (Å²) in [7, 11) is 0. The van der Waals surface area contributed by atoms with Crippen LogP contribution < -0.4 is 11.1 Å². The molecule has 0 unspecified atom stereocenters. The Kier molecular flexibility index (Phi) is 4.74. The van der Waals surface area contributed by atoms with E-state index in [2.05, 4.69) is 5.32 Å². The predicted octanol–water partition coefficient (Wildman–Crippen LogP) is 2.02. The lowest BCUT2D eigenvalue weighted by molar-refractivity contribution is -0.121. The number of amides is 1. The summed E-state index contributed by atoms with van der Waals surface area (Å²) in [5.41, 5.74) is 8.33. The molecule has 2 aromatic rings. The Morgan fingerprint density at radius 2 is 1.85 bits per heavy atom. The quantitative estimate of drug-likeness (QED) is 0.778. The first-order chi connectivity index (χ1) is 9.69. The molecule has 2 rings (SSSR count). The summed E-state index contributed by atoms with van der Waals surface area (Å²) in [5, 5.41) is 12.3. The van der Waals surface area contributed by atoms with Crippen molar-refractivity contribution in [1.82, 2.24) is 5.32 Å². The van der Waals surface area contributed by atoms with Gasteiger partial charge in [-0.05, 0) is 28.8 Å². The second kappa shape index (κ2) is 6.73. The third kappa shape index (κ3) is 3.83. The number of phenolic OH excluding ortho intramolecular Hbond substituents is 1. The lowest BCUT2D eigenvalue weighted by Gasteiger charge is -2.06. The summed E-state index contributed by atoms with van der Waals surface area (Å²) >= 11 is 0. The highest BCUT2D eigenvalue weighted by Crippen LogP contribution is 2.23. The Bertz CT molecular complexity index is 579. The first kappa shape index (κ1) is 14.1. The highest BCUT2D eigenvalue weighted by molar-refractivity contribution is 5.76. The van der Waals surface area contributed by atoms with Crippen molar-refractivity contribution in [3.05, 3.63) is 54.1 Å². The molecule has 0 saturated carbocycles. The molecule has 4 nitrogen and oxygen atoms in total. The van der Waals surface area contributed by atoms with E-state index in [0.717, 1.165) is 16.7 Å². The number of benzene rings is 2. The van der Waals surface area contributed by atoms with Crippen LogP contribution in [-0.4, -0.2) is 17.6 Å². The summed E-state index contributed by atoms with van der Waals surface area (Å²) in [5.74, 6) is 0.213. The van der Waals surface area contributed by atoms with Gasteiger partial charge in [0.25, 0.3) is 0 Å². The Morgan fingerprint density at radius 1 is 1.10 bits per heavy atom. The predicted molar refractivity (Wildman–Crippen MR) is 79.1 cm³/mol. The zero-order chi connectivity index (χ0) is 14.4. The summed E-state index contributed by atoms with van der Waals surface area (Å²) in [6.07, 6.45) is 0.349. The summed E-state index contributed by atoms with van der Waals surface area (Å²) < 4.78 is 0. The molecule has 4 N–H and O–H groups in total. The van der Waals surface area contributed by atoms with E-state index in [4.69, 9.17) is 5.73 Å². The van der Waals surface area contributed by atoms with Crippen LogP contribution in [0.3, 0.4) is 0 Å². The smallest absolute Gasteiger partial charge is 0.221 e. The number of carbonyl (C=O) groups excluding carboxylic acids is 1. The van der Waals surface area contributed by atoms with Gasteiger partial charge in [-0.1, -0.05) is 36.4 Å². The molecule has 0 atom stereocenters. The van der Waals surface area contributed by atoms with Crippen molar-refractivity contribution in [1.29, 1.82) is 0 Å². The molecule has 0 fully saturated rings. The molecule has 0 aromatic heterocycles. The number of aromatic hydroxyl groups is 1. The molecule has 0 aliphatic carbocycles. The highest BCUT2D eigenvalue weighted by Gasteiger charge is 2.01. The third-order valence-electron chi connectivity index (χ3n) is 2.99. The number of phenols is 1. The Morgan fingerprint density at radius 3 is 2.50 bits per heavy atom. The monoisotopic (exact) mass is 270 g/mol. The second-order valence-electron chi connectivity index (χ2n) is 4.56. The van der Waals surface area contributed by atoms with Crippen molar-refractivity contribution in [2.75, 3.05) is 6.54 Å². The van der Waals surface area contributed by atoms with Crippen molar-refractivity contribution in [2.45, 2.75) is 13.0 Å². The van der Waals surface area contributed by atoms with Gasteiger partial charge in [0.15, 0.2) is 0 Å². The van der Waals surface area contributed by atoms with E-state index in [1.807, 2.05) is 36.4 Å². The van der Waals surface area contributed by atoms with Gasteiger partial charge in [-0.3, -0.25) is 4.79 Å². The molecule has 0 saturated heterocycles. The fourth-order valence-electron chi connectivity index (χ4n) is 1.92. The maximum atomic E-state index is 11.3. The van der Waals surface area contributed by atoms with Gasteiger partial charge in [-0.25, -0.2) is 0 Å². The van der Waals surface area contributed by atoms with Crippen LogP contribution in [0.5, 0.6) is 5.75 Å². The molecular formula is C16H18N2O2. The largest absolute Gasteiger partial charge is 0.508 e. The molecular weight excluding hydrogens is 252 g/mol. The molecule has 0 aliphatic rings. The molecule has 2 aromatic carbocycles. The van der Waals surface area contributed by atoms with E-state index >= 15 is 0 Å². The Hall–Kier alpha value is -2.33. The number of carbonyl (C=O) groups is 1. The van der Waals surface area contributed by atoms with Crippen LogP contribution in [0.1, 0.15) is 12.0 Å². The van der Waals surface area contributed by atoms with Crippen molar-refractivity contribution in [3.63, 3.8) is 0 Å². The van der Waals surface area contributed by atoms with Crippen LogP contribution in [-0.2, 0) is 11.3 Å².